The maximum Gasteiger partial charge on any atom is 0.319 e. The van der Waals surface area contributed by atoms with Gasteiger partial charge in [0.1, 0.15) is 0 Å². The molecule has 0 radical (unpaired) electrons. The van der Waals surface area contributed by atoms with Crippen molar-refractivity contribution in [2.24, 2.45) is 0 Å². The van der Waals surface area contributed by atoms with Gasteiger partial charge in [-0.25, -0.2) is 0 Å². The smallest absolute Gasteiger partial charge is 0.319 e. The molecule has 2 aromatic carbocycles. The number of hydrogen-bond donors (Lipinski definition) is 1. The van der Waals surface area contributed by atoms with Crippen LogP contribution in [0.3, 0.4) is 0 Å². The molecule has 0 saturated heterocycles. The predicted molar refractivity (Wildman–Crippen MR) is 109 cm³/mol. The molecule has 3 aromatic rings. The summed E-state index contributed by atoms with van der Waals surface area (Å²) in [7, 11) is 1.54. The summed E-state index contributed by atoms with van der Waals surface area (Å²) < 4.78 is 7.00. The van der Waals surface area contributed by atoms with Gasteiger partial charge in [-0.2, -0.15) is 21.4 Å². The molecule has 0 saturated carbocycles. The fraction of sp³-hybridized carbons (Fsp3) is 0.250. The average Bonchev–Trinajstić information content (AvgIpc) is 3.08. The third-order valence-corrected chi connectivity index (χ3v) is 4.65. The van der Waals surface area contributed by atoms with Crippen molar-refractivity contribution in [3.63, 3.8) is 0 Å². The lowest BCUT2D eigenvalue weighted by Gasteiger charge is -2.16. The summed E-state index contributed by atoms with van der Waals surface area (Å²) in [5, 5.41) is 7.44. The van der Waals surface area contributed by atoms with E-state index in [2.05, 4.69) is 15.4 Å². The van der Waals surface area contributed by atoms with Gasteiger partial charge in [0.25, 0.3) is 5.91 Å². The van der Waals surface area contributed by atoms with Crippen molar-refractivity contribution >= 4 is 17.7 Å². The highest BCUT2D eigenvalue weighted by molar-refractivity contribution is 7.98. The van der Waals surface area contributed by atoms with Crippen molar-refractivity contribution in [3.05, 3.63) is 59.9 Å². The quantitative estimate of drug-likeness (QED) is 0.635. The number of carbonyl (C=O) groups excluding carboxylic acids is 1. The summed E-state index contributed by atoms with van der Waals surface area (Å²) in [6.45, 7) is 2.39. The fourth-order valence-corrected chi connectivity index (χ4v) is 3.15. The molecule has 140 valence electrons. The van der Waals surface area contributed by atoms with Gasteiger partial charge in [0.2, 0.25) is 0 Å². The molecule has 1 aromatic heterocycles. The molecule has 1 amide bonds. The zero-order valence-corrected chi connectivity index (χ0v) is 16.4. The standard InChI is InChI=1S/C20H22N4O2S/c1-14-22-20(26-2)24(23-14)18-16(15-8-5-4-6-9-15)10-7-11-17(18)19(25)21-12-13-27-3/h4-11H,12-13H2,1-3H3,(H,21,25). The van der Waals surface area contributed by atoms with Gasteiger partial charge < -0.3 is 10.1 Å². The molecule has 0 bridgehead atoms. The van der Waals surface area contributed by atoms with Gasteiger partial charge >= 0.3 is 6.01 Å². The second kappa shape index (κ2) is 8.73. The Morgan fingerprint density at radius 1 is 1.19 bits per heavy atom. The first kappa shape index (κ1) is 19.0. The zero-order valence-electron chi connectivity index (χ0n) is 15.6. The molecule has 0 fully saturated rings. The Balaban J connectivity index is 2.18. The lowest BCUT2D eigenvalue weighted by atomic mass is 9.99. The molecular weight excluding hydrogens is 360 g/mol. The molecule has 1 N–H and O–H groups in total. The maximum absolute atomic E-state index is 12.9. The summed E-state index contributed by atoms with van der Waals surface area (Å²) in [5.41, 5.74) is 3.06. The Kier molecular flexibility index (Phi) is 6.13. The number of aromatic nitrogens is 3. The third-order valence-electron chi connectivity index (χ3n) is 4.03. The molecule has 0 atom stereocenters. The Morgan fingerprint density at radius 2 is 1.96 bits per heavy atom. The van der Waals surface area contributed by atoms with E-state index >= 15 is 0 Å². The number of para-hydroxylation sites is 1. The molecular formula is C20H22N4O2S. The molecule has 27 heavy (non-hydrogen) atoms. The summed E-state index contributed by atoms with van der Waals surface area (Å²) in [5.74, 6) is 1.28. The van der Waals surface area contributed by atoms with Crippen molar-refractivity contribution in [3.8, 4) is 22.8 Å². The highest BCUT2D eigenvalue weighted by Gasteiger charge is 2.21. The Bertz CT molecular complexity index is 925. The zero-order chi connectivity index (χ0) is 19.2. The highest BCUT2D eigenvalue weighted by Crippen LogP contribution is 2.31. The number of aryl methyl sites for hydroxylation is 1. The number of nitrogens with one attached hydrogen (secondary N) is 1. The number of ether oxygens (including phenoxy) is 1. The van der Waals surface area contributed by atoms with E-state index in [4.69, 9.17) is 4.74 Å². The monoisotopic (exact) mass is 382 g/mol. The van der Waals surface area contributed by atoms with Crippen LogP contribution in [0, 0.1) is 6.92 Å². The molecule has 1 heterocycles. The molecule has 0 unspecified atom stereocenters. The number of thioether (sulfide) groups is 1. The molecule has 0 aliphatic carbocycles. The maximum atomic E-state index is 12.9. The van der Waals surface area contributed by atoms with Crippen molar-refractivity contribution in [2.45, 2.75) is 6.92 Å². The number of methoxy groups -OCH3 is 1. The fourth-order valence-electron chi connectivity index (χ4n) is 2.84. The Labute approximate surface area is 163 Å². The van der Waals surface area contributed by atoms with E-state index < -0.39 is 0 Å². The summed E-state index contributed by atoms with van der Waals surface area (Å²) in [6, 6.07) is 15.9. The number of amides is 1. The van der Waals surface area contributed by atoms with Crippen LogP contribution in [0.5, 0.6) is 6.01 Å². The number of hydrogen-bond acceptors (Lipinski definition) is 5. The lowest BCUT2D eigenvalue weighted by Crippen LogP contribution is -2.27. The molecule has 0 spiro atoms. The topological polar surface area (TPSA) is 69.0 Å². The molecule has 0 aliphatic heterocycles. The summed E-state index contributed by atoms with van der Waals surface area (Å²) in [4.78, 5) is 17.2. The summed E-state index contributed by atoms with van der Waals surface area (Å²) in [6.07, 6.45) is 2.01. The van der Waals surface area contributed by atoms with Crippen LogP contribution in [-0.4, -0.2) is 46.3 Å². The van der Waals surface area contributed by atoms with E-state index in [1.807, 2.05) is 48.7 Å². The van der Waals surface area contributed by atoms with Gasteiger partial charge in [-0.05, 0) is 24.8 Å². The van der Waals surface area contributed by atoms with Crippen LogP contribution in [0.1, 0.15) is 16.2 Å². The number of carbonyl (C=O) groups is 1. The van der Waals surface area contributed by atoms with E-state index in [1.54, 1.807) is 36.5 Å². The van der Waals surface area contributed by atoms with Crippen molar-refractivity contribution in [1.82, 2.24) is 20.1 Å². The second-order valence-corrected chi connectivity index (χ2v) is 6.86. The highest BCUT2D eigenvalue weighted by atomic mass is 32.2. The van der Waals surface area contributed by atoms with Crippen LogP contribution in [0.4, 0.5) is 0 Å². The lowest BCUT2D eigenvalue weighted by molar-refractivity contribution is 0.0956. The largest absolute Gasteiger partial charge is 0.467 e. The van der Waals surface area contributed by atoms with Crippen molar-refractivity contribution in [1.29, 1.82) is 0 Å². The average molecular weight is 382 g/mol. The normalized spacial score (nSPS) is 10.6. The third kappa shape index (κ3) is 4.14. The predicted octanol–water partition coefficient (Wildman–Crippen LogP) is 3.34. The number of benzene rings is 2. The SMILES string of the molecule is COc1nc(C)nn1-c1c(C(=O)NCCSC)cccc1-c1ccccc1. The first-order valence-corrected chi connectivity index (χ1v) is 9.98. The van der Waals surface area contributed by atoms with Gasteiger partial charge in [-0.1, -0.05) is 42.5 Å². The molecule has 0 aliphatic rings. The Hall–Kier alpha value is -2.80. The molecule has 3 rings (SSSR count). The second-order valence-electron chi connectivity index (χ2n) is 5.87. The minimum atomic E-state index is -0.146. The first-order chi connectivity index (χ1) is 13.2. The Morgan fingerprint density at radius 3 is 2.67 bits per heavy atom. The molecule has 7 heteroatoms. The van der Waals surface area contributed by atoms with Gasteiger partial charge in [0.15, 0.2) is 5.82 Å². The van der Waals surface area contributed by atoms with Gasteiger partial charge in [0.05, 0.1) is 18.4 Å². The van der Waals surface area contributed by atoms with E-state index in [0.29, 0.717) is 29.6 Å². The van der Waals surface area contributed by atoms with Crippen molar-refractivity contribution in [2.75, 3.05) is 25.7 Å². The van der Waals surface area contributed by atoms with E-state index in [9.17, 15) is 4.79 Å². The van der Waals surface area contributed by atoms with Gasteiger partial charge in [-0.15, -0.1) is 5.10 Å². The van der Waals surface area contributed by atoms with E-state index in [1.165, 1.54) is 0 Å². The van der Waals surface area contributed by atoms with E-state index in [0.717, 1.165) is 16.9 Å². The van der Waals surface area contributed by atoms with Crippen molar-refractivity contribution < 1.29 is 9.53 Å². The molecule has 6 nitrogen and oxygen atoms in total. The van der Waals surface area contributed by atoms with Crippen LogP contribution < -0.4 is 10.1 Å². The van der Waals surface area contributed by atoms with Crippen LogP contribution >= 0.6 is 11.8 Å². The minimum absolute atomic E-state index is 0.146. The van der Waals surface area contributed by atoms with Crippen LogP contribution in [-0.2, 0) is 0 Å². The van der Waals surface area contributed by atoms with Crippen LogP contribution in [0.2, 0.25) is 0 Å². The van der Waals surface area contributed by atoms with Gasteiger partial charge in [-0.3, -0.25) is 4.79 Å². The first-order valence-electron chi connectivity index (χ1n) is 8.59. The van der Waals surface area contributed by atoms with Gasteiger partial charge in [0, 0.05) is 17.9 Å². The number of rotatable bonds is 7. The van der Waals surface area contributed by atoms with Crippen LogP contribution in [0.25, 0.3) is 16.8 Å². The van der Waals surface area contributed by atoms with Crippen LogP contribution in [0.15, 0.2) is 48.5 Å². The minimum Gasteiger partial charge on any atom is -0.467 e. The summed E-state index contributed by atoms with van der Waals surface area (Å²) >= 11 is 1.69. The number of nitrogens with zero attached hydrogens (tertiary/aromatic N) is 3. The van der Waals surface area contributed by atoms with E-state index in [-0.39, 0.29) is 5.91 Å².